The predicted molar refractivity (Wildman–Crippen MR) is 77.2 cm³/mol. The highest BCUT2D eigenvalue weighted by atomic mass is 16.5. The van der Waals surface area contributed by atoms with Crippen molar-refractivity contribution in [3.8, 4) is 0 Å². The summed E-state index contributed by atoms with van der Waals surface area (Å²) in [5.74, 6) is 3.61. The van der Waals surface area contributed by atoms with Crippen molar-refractivity contribution >= 4 is 11.9 Å². The summed E-state index contributed by atoms with van der Waals surface area (Å²) in [4.78, 5) is 22.2. The topological polar surface area (TPSA) is 52.6 Å². The number of fused-ring (bicyclic) bond motifs is 5. The van der Waals surface area contributed by atoms with E-state index in [0.29, 0.717) is 31.0 Å². The van der Waals surface area contributed by atoms with E-state index in [9.17, 15) is 9.59 Å². The third kappa shape index (κ3) is 2.85. The van der Waals surface area contributed by atoms with E-state index in [1.807, 2.05) is 0 Å². The maximum Gasteiger partial charge on any atom is 0.330 e. The van der Waals surface area contributed by atoms with Crippen LogP contribution in [0.2, 0.25) is 0 Å². The predicted octanol–water partition coefficient (Wildman–Crippen LogP) is 2.58. The van der Waals surface area contributed by atoms with Gasteiger partial charge in [0.15, 0.2) is 0 Å². The summed E-state index contributed by atoms with van der Waals surface area (Å²) >= 11 is 0. The largest absolute Gasteiger partial charge is 0.466 e. The second-order valence-corrected chi connectivity index (χ2v) is 6.96. The van der Waals surface area contributed by atoms with E-state index in [4.69, 9.17) is 9.47 Å². The summed E-state index contributed by atoms with van der Waals surface area (Å²) in [6, 6.07) is 0. The van der Waals surface area contributed by atoms with Gasteiger partial charge in [-0.2, -0.15) is 0 Å². The van der Waals surface area contributed by atoms with Gasteiger partial charge < -0.3 is 9.47 Å². The Kier molecular flexibility index (Phi) is 4.05. The molecule has 0 aromatic heterocycles. The van der Waals surface area contributed by atoms with Crippen LogP contribution in [0.15, 0.2) is 12.7 Å². The first-order chi connectivity index (χ1) is 10.1. The van der Waals surface area contributed by atoms with Crippen LogP contribution in [0.1, 0.15) is 32.6 Å². The fourth-order valence-electron chi connectivity index (χ4n) is 5.14. The molecule has 0 aromatic carbocycles. The number of rotatable bonds is 5. The molecule has 0 saturated heterocycles. The minimum absolute atomic E-state index is 0.171. The van der Waals surface area contributed by atoms with E-state index in [0.717, 1.165) is 24.2 Å². The van der Waals surface area contributed by atoms with E-state index in [2.05, 4.69) is 6.58 Å². The molecule has 3 aliphatic rings. The molecule has 0 aromatic rings. The molecule has 3 aliphatic carbocycles. The van der Waals surface area contributed by atoms with Gasteiger partial charge in [0.05, 0.1) is 13.2 Å². The molecule has 4 heteroatoms. The Hall–Kier alpha value is -1.32. The maximum atomic E-state index is 11.2. The highest BCUT2D eigenvalue weighted by molar-refractivity contribution is 5.81. The van der Waals surface area contributed by atoms with Gasteiger partial charge in [0.25, 0.3) is 0 Å². The molecule has 0 spiro atoms. The molecule has 0 radical (unpaired) electrons. The van der Waals surface area contributed by atoms with Gasteiger partial charge in [-0.1, -0.05) is 6.58 Å². The maximum absolute atomic E-state index is 11.2. The number of esters is 2. The summed E-state index contributed by atoms with van der Waals surface area (Å²) in [6.45, 7) is 6.03. The van der Waals surface area contributed by atoms with Gasteiger partial charge in [0.1, 0.15) is 0 Å². The third-order valence-corrected chi connectivity index (χ3v) is 5.83. The molecule has 21 heavy (non-hydrogen) atoms. The lowest BCUT2D eigenvalue weighted by Crippen LogP contribution is -2.27. The molecule has 0 N–H and O–H groups in total. The van der Waals surface area contributed by atoms with Crippen molar-refractivity contribution in [2.24, 2.45) is 35.5 Å². The normalized spacial score (nSPS) is 39.9. The van der Waals surface area contributed by atoms with Crippen molar-refractivity contribution < 1.29 is 19.1 Å². The average Bonchev–Trinajstić information content (AvgIpc) is 3.12. The first-order valence-corrected chi connectivity index (χ1v) is 8.01. The molecule has 3 rings (SSSR count). The Morgan fingerprint density at radius 1 is 1.05 bits per heavy atom. The summed E-state index contributed by atoms with van der Waals surface area (Å²) in [6.07, 6.45) is 6.09. The molecule has 0 aliphatic heterocycles. The van der Waals surface area contributed by atoms with Crippen molar-refractivity contribution in [3.05, 3.63) is 12.7 Å². The standard InChI is InChI=1S/C17H24O4/c1-3-17(19)21-8-11-4-14-12-6-13(9-20-10(2)18)15(7-12)16(14)5-11/h3,11-16H,1,4-9H2,2H3. The van der Waals surface area contributed by atoms with Crippen molar-refractivity contribution in [3.63, 3.8) is 0 Å². The second kappa shape index (κ2) is 5.82. The van der Waals surface area contributed by atoms with Crippen molar-refractivity contribution in [1.82, 2.24) is 0 Å². The second-order valence-electron chi connectivity index (χ2n) is 6.96. The quantitative estimate of drug-likeness (QED) is 0.577. The highest BCUT2D eigenvalue weighted by Gasteiger charge is 2.55. The Morgan fingerprint density at radius 3 is 2.52 bits per heavy atom. The van der Waals surface area contributed by atoms with Gasteiger partial charge in [-0.3, -0.25) is 4.79 Å². The van der Waals surface area contributed by atoms with Gasteiger partial charge in [-0.25, -0.2) is 4.79 Å². The van der Waals surface area contributed by atoms with Gasteiger partial charge in [0, 0.05) is 13.0 Å². The molecule has 6 atom stereocenters. The van der Waals surface area contributed by atoms with Crippen LogP contribution >= 0.6 is 0 Å². The molecule has 3 saturated carbocycles. The zero-order valence-electron chi connectivity index (χ0n) is 12.6. The fraction of sp³-hybridized carbons (Fsp3) is 0.765. The monoisotopic (exact) mass is 292 g/mol. The van der Waals surface area contributed by atoms with Crippen LogP contribution in [-0.4, -0.2) is 25.2 Å². The first kappa shape index (κ1) is 14.6. The summed E-state index contributed by atoms with van der Waals surface area (Å²) in [5, 5.41) is 0. The van der Waals surface area contributed by atoms with Crippen LogP contribution in [-0.2, 0) is 19.1 Å². The SMILES string of the molecule is C=CC(=O)OCC1CC2C3CC(COC(C)=O)C(C3)C2C1. The van der Waals surface area contributed by atoms with Gasteiger partial charge in [0.2, 0.25) is 0 Å². The van der Waals surface area contributed by atoms with Crippen molar-refractivity contribution in [2.75, 3.05) is 13.2 Å². The molecule has 0 amide bonds. The number of hydrogen-bond acceptors (Lipinski definition) is 4. The van der Waals surface area contributed by atoms with Crippen LogP contribution < -0.4 is 0 Å². The van der Waals surface area contributed by atoms with E-state index < -0.39 is 0 Å². The lowest BCUT2D eigenvalue weighted by molar-refractivity contribution is -0.143. The zero-order valence-corrected chi connectivity index (χ0v) is 12.6. The van der Waals surface area contributed by atoms with E-state index in [-0.39, 0.29) is 11.9 Å². The highest BCUT2D eigenvalue weighted by Crippen LogP contribution is 2.62. The number of carbonyl (C=O) groups is 2. The first-order valence-electron chi connectivity index (χ1n) is 8.01. The molecule has 2 bridgehead atoms. The van der Waals surface area contributed by atoms with Crippen molar-refractivity contribution in [2.45, 2.75) is 32.6 Å². The van der Waals surface area contributed by atoms with Crippen LogP contribution in [0.5, 0.6) is 0 Å². The van der Waals surface area contributed by atoms with Crippen LogP contribution in [0.4, 0.5) is 0 Å². The molecular formula is C17H24O4. The van der Waals surface area contributed by atoms with Crippen LogP contribution in [0.25, 0.3) is 0 Å². The summed E-state index contributed by atoms with van der Waals surface area (Å²) in [5.41, 5.74) is 0. The number of ether oxygens (including phenoxy) is 2. The van der Waals surface area contributed by atoms with Gasteiger partial charge in [-0.05, 0) is 61.2 Å². The van der Waals surface area contributed by atoms with Gasteiger partial charge in [-0.15, -0.1) is 0 Å². The zero-order chi connectivity index (χ0) is 15.0. The molecule has 3 fully saturated rings. The lowest BCUT2D eigenvalue weighted by Gasteiger charge is -2.31. The Balaban J connectivity index is 1.52. The van der Waals surface area contributed by atoms with Crippen LogP contribution in [0, 0.1) is 35.5 Å². The third-order valence-electron chi connectivity index (χ3n) is 5.83. The van der Waals surface area contributed by atoms with E-state index >= 15 is 0 Å². The van der Waals surface area contributed by atoms with Crippen molar-refractivity contribution in [1.29, 1.82) is 0 Å². The Labute approximate surface area is 125 Å². The number of carbonyl (C=O) groups excluding carboxylic acids is 2. The summed E-state index contributed by atoms with van der Waals surface area (Å²) < 4.78 is 10.4. The lowest BCUT2D eigenvalue weighted by atomic mass is 9.76. The van der Waals surface area contributed by atoms with Gasteiger partial charge >= 0.3 is 11.9 Å². The average molecular weight is 292 g/mol. The van der Waals surface area contributed by atoms with E-state index in [1.54, 1.807) is 0 Å². The minimum Gasteiger partial charge on any atom is -0.466 e. The molecule has 116 valence electrons. The molecular weight excluding hydrogens is 268 g/mol. The Morgan fingerprint density at radius 2 is 1.81 bits per heavy atom. The smallest absolute Gasteiger partial charge is 0.330 e. The Bertz CT molecular complexity index is 444. The molecule has 4 nitrogen and oxygen atoms in total. The van der Waals surface area contributed by atoms with Crippen LogP contribution in [0.3, 0.4) is 0 Å². The molecule has 6 unspecified atom stereocenters. The minimum atomic E-state index is -0.317. The molecule has 0 heterocycles. The van der Waals surface area contributed by atoms with E-state index in [1.165, 1.54) is 32.3 Å². The number of hydrogen-bond donors (Lipinski definition) is 0. The fourth-order valence-corrected chi connectivity index (χ4v) is 5.14. The summed E-state index contributed by atoms with van der Waals surface area (Å²) in [7, 11) is 0.